The van der Waals surface area contributed by atoms with Crippen molar-refractivity contribution in [1.29, 1.82) is 0 Å². The van der Waals surface area contributed by atoms with E-state index in [0.717, 1.165) is 109 Å². The van der Waals surface area contributed by atoms with Gasteiger partial charge in [0.05, 0.1) is 0 Å². The highest BCUT2D eigenvalue weighted by atomic mass is 16.6. The Balaban J connectivity index is 4.45. The highest BCUT2D eigenvalue weighted by Gasteiger charge is 2.19. The predicted molar refractivity (Wildman–Crippen MR) is 260 cm³/mol. The SMILES string of the molecule is CC\C=C/C=C\C=C/CCCCCCCCCC(=O)OC(COC(=O)CCC/C=C\CCCCCC)COC(=O)CCCCC/C=C\C/C=C\C/C=C\C/C=C\C/C=C\CC. The summed E-state index contributed by atoms with van der Waals surface area (Å²) in [5, 5.41) is 0. The van der Waals surface area contributed by atoms with Gasteiger partial charge in [-0.2, -0.15) is 0 Å². The summed E-state index contributed by atoms with van der Waals surface area (Å²) in [5.74, 6) is -0.998. The fourth-order valence-corrected chi connectivity index (χ4v) is 6.18. The highest BCUT2D eigenvalue weighted by molar-refractivity contribution is 5.71. The van der Waals surface area contributed by atoms with Crippen LogP contribution in [0.25, 0.3) is 0 Å². The monoisotopic (exact) mass is 845 g/mol. The smallest absolute Gasteiger partial charge is 0.306 e. The van der Waals surface area contributed by atoms with E-state index in [9.17, 15) is 14.4 Å². The Hall–Kier alpha value is -3.93. The summed E-state index contributed by atoms with van der Waals surface area (Å²) in [7, 11) is 0. The Bertz CT molecular complexity index is 1290. The summed E-state index contributed by atoms with van der Waals surface area (Å²) in [5.41, 5.74) is 0. The van der Waals surface area contributed by atoms with E-state index < -0.39 is 6.10 Å². The minimum absolute atomic E-state index is 0.111. The van der Waals surface area contributed by atoms with E-state index in [1.807, 2.05) is 0 Å². The van der Waals surface area contributed by atoms with Crippen molar-refractivity contribution in [1.82, 2.24) is 0 Å². The van der Waals surface area contributed by atoms with E-state index >= 15 is 0 Å². The van der Waals surface area contributed by atoms with Gasteiger partial charge in [0, 0.05) is 19.3 Å². The number of unbranched alkanes of at least 4 members (excludes halogenated alkanes) is 15. The normalized spacial score (nSPS) is 13.0. The summed E-state index contributed by atoms with van der Waals surface area (Å²) >= 11 is 0. The van der Waals surface area contributed by atoms with Crippen LogP contribution in [0.4, 0.5) is 0 Å². The molecule has 1 unspecified atom stereocenters. The van der Waals surface area contributed by atoms with Crippen LogP contribution >= 0.6 is 0 Å². The van der Waals surface area contributed by atoms with Crippen LogP contribution in [0.3, 0.4) is 0 Å². The molecule has 0 N–H and O–H groups in total. The summed E-state index contributed by atoms with van der Waals surface area (Å²) < 4.78 is 16.7. The molecular weight excluding hydrogens is 757 g/mol. The Kier molecular flexibility index (Phi) is 45.6. The molecule has 61 heavy (non-hydrogen) atoms. The van der Waals surface area contributed by atoms with Crippen LogP contribution < -0.4 is 0 Å². The number of allylic oxidation sites excluding steroid dienone is 18. The number of esters is 3. The molecular formula is C55H88O6. The molecule has 0 aromatic heterocycles. The van der Waals surface area contributed by atoms with Gasteiger partial charge in [-0.15, -0.1) is 0 Å². The molecule has 1 atom stereocenters. The number of hydrogen-bond acceptors (Lipinski definition) is 6. The average molecular weight is 845 g/mol. The van der Waals surface area contributed by atoms with Crippen LogP contribution in [0.1, 0.15) is 201 Å². The van der Waals surface area contributed by atoms with E-state index in [2.05, 4.69) is 130 Å². The van der Waals surface area contributed by atoms with Crippen LogP contribution in [0.5, 0.6) is 0 Å². The van der Waals surface area contributed by atoms with E-state index in [4.69, 9.17) is 14.2 Å². The van der Waals surface area contributed by atoms with Gasteiger partial charge in [0.15, 0.2) is 6.10 Å². The van der Waals surface area contributed by atoms with Gasteiger partial charge in [-0.1, -0.05) is 188 Å². The lowest BCUT2D eigenvalue weighted by atomic mass is 10.1. The van der Waals surface area contributed by atoms with Crippen molar-refractivity contribution in [3.8, 4) is 0 Å². The Morgan fingerprint density at radius 2 is 0.738 bits per heavy atom. The van der Waals surface area contributed by atoms with Gasteiger partial charge in [-0.25, -0.2) is 0 Å². The molecule has 6 heteroatoms. The minimum Gasteiger partial charge on any atom is -0.462 e. The summed E-state index contributed by atoms with van der Waals surface area (Å²) in [6, 6.07) is 0. The third-order valence-electron chi connectivity index (χ3n) is 9.80. The molecule has 0 amide bonds. The van der Waals surface area contributed by atoms with Gasteiger partial charge in [0.2, 0.25) is 0 Å². The fraction of sp³-hybridized carbons (Fsp3) is 0.618. The van der Waals surface area contributed by atoms with Gasteiger partial charge < -0.3 is 14.2 Å². The second-order valence-corrected chi connectivity index (χ2v) is 15.7. The van der Waals surface area contributed by atoms with E-state index in [1.165, 1.54) is 44.9 Å². The second-order valence-electron chi connectivity index (χ2n) is 15.7. The molecule has 0 aliphatic rings. The zero-order valence-corrected chi connectivity index (χ0v) is 39.1. The van der Waals surface area contributed by atoms with Crippen LogP contribution in [0.2, 0.25) is 0 Å². The maximum Gasteiger partial charge on any atom is 0.306 e. The average Bonchev–Trinajstić information content (AvgIpc) is 3.26. The van der Waals surface area contributed by atoms with Crippen molar-refractivity contribution in [2.24, 2.45) is 0 Å². The first-order valence-electron chi connectivity index (χ1n) is 24.4. The first-order chi connectivity index (χ1) is 30.0. The molecule has 0 aromatic rings. The van der Waals surface area contributed by atoms with Crippen molar-refractivity contribution >= 4 is 17.9 Å². The molecule has 0 spiro atoms. The van der Waals surface area contributed by atoms with Gasteiger partial charge >= 0.3 is 17.9 Å². The van der Waals surface area contributed by atoms with Crippen molar-refractivity contribution < 1.29 is 28.6 Å². The van der Waals surface area contributed by atoms with Gasteiger partial charge in [0.25, 0.3) is 0 Å². The van der Waals surface area contributed by atoms with Crippen molar-refractivity contribution in [3.63, 3.8) is 0 Å². The summed E-state index contributed by atoms with van der Waals surface area (Å²) in [6.07, 6.45) is 65.1. The summed E-state index contributed by atoms with van der Waals surface area (Å²) in [4.78, 5) is 37.8. The van der Waals surface area contributed by atoms with Crippen molar-refractivity contribution in [3.05, 3.63) is 109 Å². The lowest BCUT2D eigenvalue weighted by molar-refractivity contribution is -0.167. The number of hydrogen-bond donors (Lipinski definition) is 0. The maximum atomic E-state index is 12.8. The molecule has 0 fully saturated rings. The number of carbonyl (C=O) groups excluding carboxylic acids is 3. The fourth-order valence-electron chi connectivity index (χ4n) is 6.18. The van der Waals surface area contributed by atoms with Gasteiger partial charge in [-0.05, 0) is 103 Å². The van der Waals surface area contributed by atoms with E-state index in [0.29, 0.717) is 25.7 Å². The molecule has 0 radical (unpaired) electrons. The van der Waals surface area contributed by atoms with Crippen molar-refractivity contribution in [2.75, 3.05) is 13.2 Å². The standard InChI is InChI=1S/C55H88O6/c1-4-7-10-13-16-19-21-23-25-26-27-28-30-31-33-36-39-42-45-48-54(57)60-51-52(50-59-53(56)47-44-41-38-35-18-15-12-9-6-3)61-55(58)49-46-43-40-37-34-32-29-24-22-20-17-14-11-8-5-2/h7-8,10-11,14,16-17,19-20,22-23,25,27-28,31,33,35,38,52H,4-6,9,12-13,15,18,21,24,26,29-30,32,34,36-37,39-51H2,1-3H3/b10-7-,11-8-,17-14-,19-16-,22-20-,25-23-,28-27-,33-31-,38-35-. The zero-order valence-electron chi connectivity index (χ0n) is 39.1. The first kappa shape index (κ1) is 57.1. The molecule has 0 bridgehead atoms. The molecule has 0 aliphatic carbocycles. The third-order valence-corrected chi connectivity index (χ3v) is 9.80. The minimum atomic E-state index is -0.809. The molecule has 0 heterocycles. The zero-order chi connectivity index (χ0) is 44.4. The topological polar surface area (TPSA) is 78.9 Å². The highest BCUT2D eigenvalue weighted by Crippen LogP contribution is 2.13. The summed E-state index contributed by atoms with van der Waals surface area (Å²) in [6.45, 7) is 6.27. The Labute approximate surface area is 374 Å². The number of carbonyl (C=O) groups is 3. The Morgan fingerprint density at radius 1 is 0.361 bits per heavy atom. The van der Waals surface area contributed by atoms with E-state index in [1.54, 1.807) is 0 Å². The van der Waals surface area contributed by atoms with Crippen LogP contribution in [-0.2, 0) is 28.6 Å². The molecule has 0 aromatic carbocycles. The van der Waals surface area contributed by atoms with Gasteiger partial charge in [0.1, 0.15) is 13.2 Å². The molecule has 6 nitrogen and oxygen atoms in total. The largest absolute Gasteiger partial charge is 0.462 e. The maximum absolute atomic E-state index is 12.8. The third kappa shape index (κ3) is 47.0. The molecule has 0 aliphatic heterocycles. The molecule has 344 valence electrons. The quantitative estimate of drug-likeness (QED) is 0.0200. The predicted octanol–water partition coefficient (Wildman–Crippen LogP) is 16.0. The van der Waals surface area contributed by atoms with E-state index in [-0.39, 0.29) is 31.1 Å². The molecule has 0 saturated heterocycles. The van der Waals surface area contributed by atoms with Gasteiger partial charge in [-0.3, -0.25) is 14.4 Å². The Morgan fingerprint density at radius 3 is 1.28 bits per heavy atom. The molecule has 0 saturated carbocycles. The second kappa shape index (κ2) is 48.7. The lowest BCUT2D eigenvalue weighted by Gasteiger charge is -2.18. The lowest BCUT2D eigenvalue weighted by Crippen LogP contribution is -2.30. The van der Waals surface area contributed by atoms with Crippen molar-refractivity contribution in [2.45, 2.75) is 207 Å². The first-order valence-corrected chi connectivity index (χ1v) is 24.4. The number of rotatable bonds is 42. The molecule has 0 rings (SSSR count). The van der Waals surface area contributed by atoms with Crippen LogP contribution in [0, 0.1) is 0 Å². The van der Waals surface area contributed by atoms with Crippen LogP contribution in [0.15, 0.2) is 109 Å². The number of ether oxygens (including phenoxy) is 3. The van der Waals surface area contributed by atoms with Crippen LogP contribution in [-0.4, -0.2) is 37.2 Å².